The Morgan fingerprint density at radius 1 is 1.64 bits per heavy atom. The minimum absolute atomic E-state index is 0.0705. The van der Waals surface area contributed by atoms with Crippen molar-refractivity contribution in [3.8, 4) is 0 Å². The van der Waals surface area contributed by atoms with Crippen LogP contribution in [0.3, 0.4) is 0 Å². The van der Waals surface area contributed by atoms with Crippen LogP contribution >= 0.6 is 11.6 Å². The van der Waals surface area contributed by atoms with Crippen LogP contribution in [0.25, 0.3) is 0 Å². The van der Waals surface area contributed by atoms with Gasteiger partial charge in [-0.2, -0.15) is 0 Å². The molecule has 1 aromatic carbocycles. The van der Waals surface area contributed by atoms with Gasteiger partial charge in [0.2, 0.25) is 0 Å². The number of nitrogens with two attached hydrogens (primary N) is 1. The summed E-state index contributed by atoms with van der Waals surface area (Å²) < 4.78 is 4.47. The van der Waals surface area contributed by atoms with Gasteiger partial charge in [-0.05, 0) is 18.2 Å². The molecule has 3 N–H and O–H groups in total. The molecule has 0 atom stereocenters. The van der Waals surface area contributed by atoms with Gasteiger partial charge < -0.3 is 15.8 Å². The summed E-state index contributed by atoms with van der Waals surface area (Å²) in [4.78, 5) is 10.8. The van der Waals surface area contributed by atoms with E-state index in [1.54, 1.807) is 18.2 Å². The molecular weight excluding hydrogens is 204 g/mol. The maximum absolute atomic E-state index is 10.8. The van der Waals surface area contributed by atoms with E-state index in [0.717, 1.165) is 0 Å². The Balaban J connectivity index is 2.66. The van der Waals surface area contributed by atoms with Crippen molar-refractivity contribution in [1.82, 2.24) is 0 Å². The number of carbonyl (C=O) groups is 1. The lowest BCUT2D eigenvalue weighted by Gasteiger charge is -2.08. The predicted octanol–water partition coefficient (Wildman–Crippen LogP) is 1.51. The van der Waals surface area contributed by atoms with E-state index in [9.17, 15) is 4.79 Å². The van der Waals surface area contributed by atoms with Gasteiger partial charge in [0.1, 0.15) is 6.54 Å². The van der Waals surface area contributed by atoms with Crippen LogP contribution in [0.1, 0.15) is 0 Å². The maximum atomic E-state index is 10.8. The van der Waals surface area contributed by atoms with Gasteiger partial charge in [0, 0.05) is 5.02 Å². The van der Waals surface area contributed by atoms with Crippen LogP contribution in [-0.2, 0) is 9.53 Å². The summed E-state index contributed by atoms with van der Waals surface area (Å²) in [7, 11) is 1.32. The molecule has 0 fully saturated rings. The van der Waals surface area contributed by atoms with Crippen molar-refractivity contribution in [2.45, 2.75) is 0 Å². The molecule has 0 radical (unpaired) electrons. The summed E-state index contributed by atoms with van der Waals surface area (Å²) in [5.41, 5.74) is 6.81. The molecular formula is C9H11ClN2O2. The minimum atomic E-state index is -0.357. The van der Waals surface area contributed by atoms with Crippen LogP contribution in [0.4, 0.5) is 11.4 Å². The highest BCUT2D eigenvalue weighted by Crippen LogP contribution is 2.22. The molecule has 0 aliphatic heterocycles. The third kappa shape index (κ3) is 2.81. The van der Waals surface area contributed by atoms with Crippen molar-refractivity contribution in [2.75, 3.05) is 24.7 Å². The lowest BCUT2D eigenvalue weighted by atomic mass is 10.2. The van der Waals surface area contributed by atoms with Gasteiger partial charge in [0.25, 0.3) is 0 Å². The number of halogens is 1. The highest BCUT2D eigenvalue weighted by molar-refractivity contribution is 6.31. The number of esters is 1. The first-order valence-corrected chi connectivity index (χ1v) is 4.37. The first kappa shape index (κ1) is 10.7. The highest BCUT2D eigenvalue weighted by atomic mass is 35.5. The zero-order chi connectivity index (χ0) is 10.6. The summed E-state index contributed by atoms with van der Waals surface area (Å²) in [6.07, 6.45) is 0. The van der Waals surface area contributed by atoms with Crippen LogP contribution in [0, 0.1) is 0 Å². The van der Waals surface area contributed by atoms with Crippen LogP contribution in [0.15, 0.2) is 18.2 Å². The van der Waals surface area contributed by atoms with Crippen molar-refractivity contribution in [1.29, 1.82) is 0 Å². The number of rotatable bonds is 3. The van der Waals surface area contributed by atoms with Crippen molar-refractivity contribution in [3.05, 3.63) is 23.2 Å². The van der Waals surface area contributed by atoms with E-state index in [-0.39, 0.29) is 12.5 Å². The molecule has 0 spiro atoms. The molecule has 1 aromatic rings. The lowest BCUT2D eigenvalue weighted by molar-refractivity contribution is -0.138. The van der Waals surface area contributed by atoms with E-state index < -0.39 is 0 Å². The van der Waals surface area contributed by atoms with Crippen molar-refractivity contribution in [3.63, 3.8) is 0 Å². The molecule has 14 heavy (non-hydrogen) atoms. The second-order valence-electron chi connectivity index (χ2n) is 2.66. The average Bonchev–Trinajstić information content (AvgIpc) is 2.19. The molecule has 0 unspecified atom stereocenters. The summed E-state index contributed by atoms with van der Waals surface area (Å²) in [5.74, 6) is -0.357. The summed E-state index contributed by atoms with van der Waals surface area (Å²) >= 11 is 5.75. The number of nitrogen functional groups attached to an aromatic ring is 1. The van der Waals surface area contributed by atoms with Gasteiger partial charge in [-0.25, -0.2) is 0 Å². The van der Waals surface area contributed by atoms with E-state index in [0.29, 0.717) is 16.4 Å². The molecule has 0 aromatic heterocycles. The fraction of sp³-hybridized carbons (Fsp3) is 0.222. The number of ether oxygens (including phenoxy) is 1. The van der Waals surface area contributed by atoms with Gasteiger partial charge in [0.15, 0.2) is 0 Å². The molecule has 4 nitrogen and oxygen atoms in total. The minimum Gasteiger partial charge on any atom is -0.468 e. The van der Waals surface area contributed by atoms with Gasteiger partial charge in [0.05, 0.1) is 18.5 Å². The largest absolute Gasteiger partial charge is 0.468 e. The predicted molar refractivity (Wildman–Crippen MR) is 56.4 cm³/mol. The molecule has 0 amide bonds. The molecule has 1 rings (SSSR count). The van der Waals surface area contributed by atoms with Crippen LogP contribution in [0.2, 0.25) is 5.02 Å². The molecule has 0 aliphatic carbocycles. The fourth-order valence-electron chi connectivity index (χ4n) is 0.921. The Bertz CT molecular complexity index is 342. The van der Waals surface area contributed by atoms with E-state index in [1.165, 1.54) is 7.11 Å². The zero-order valence-corrected chi connectivity index (χ0v) is 8.47. The van der Waals surface area contributed by atoms with Crippen molar-refractivity contribution in [2.24, 2.45) is 0 Å². The molecule has 5 heteroatoms. The number of methoxy groups -OCH3 is 1. The maximum Gasteiger partial charge on any atom is 0.325 e. The Hall–Kier alpha value is -1.42. The smallest absolute Gasteiger partial charge is 0.325 e. The normalized spacial score (nSPS) is 9.57. The van der Waals surface area contributed by atoms with Gasteiger partial charge >= 0.3 is 5.97 Å². The third-order valence-corrected chi connectivity index (χ3v) is 1.90. The zero-order valence-electron chi connectivity index (χ0n) is 7.71. The Morgan fingerprint density at radius 2 is 2.36 bits per heavy atom. The number of anilines is 2. The quantitative estimate of drug-likeness (QED) is 0.591. The number of hydrogen-bond acceptors (Lipinski definition) is 4. The van der Waals surface area contributed by atoms with E-state index in [2.05, 4.69) is 10.1 Å². The standard InChI is InChI=1S/C9H11ClN2O2/c1-14-9(13)5-12-8-4-6(10)2-3-7(8)11/h2-4,12H,5,11H2,1H3. The van der Waals surface area contributed by atoms with Gasteiger partial charge in [-0.15, -0.1) is 0 Å². The number of nitrogens with one attached hydrogen (secondary N) is 1. The summed E-state index contributed by atoms with van der Waals surface area (Å²) in [5, 5.41) is 3.38. The third-order valence-electron chi connectivity index (χ3n) is 1.67. The second kappa shape index (κ2) is 4.72. The first-order valence-electron chi connectivity index (χ1n) is 3.99. The van der Waals surface area contributed by atoms with Crippen LogP contribution in [0.5, 0.6) is 0 Å². The van der Waals surface area contributed by atoms with Crippen LogP contribution in [-0.4, -0.2) is 19.6 Å². The number of benzene rings is 1. The number of carbonyl (C=O) groups excluding carboxylic acids is 1. The van der Waals surface area contributed by atoms with E-state index in [4.69, 9.17) is 17.3 Å². The van der Waals surface area contributed by atoms with Gasteiger partial charge in [-0.1, -0.05) is 11.6 Å². The van der Waals surface area contributed by atoms with E-state index in [1.807, 2.05) is 0 Å². The lowest BCUT2D eigenvalue weighted by Crippen LogP contribution is -2.15. The molecule has 0 saturated carbocycles. The molecule has 0 saturated heterocycles. The van der Waals surface area contributed by atoms with Gasteiger partial charge in [-0.3, -0.25) is 4.79 Å². The Kier molecular flexibility index (Phi) is 3.59. The highest BCUT2D eigenvalue weighted by Gasteiger charge is 2.03. The first-order chi connectivity index (χ1) is 6.63. The summed E-state index contributed by atoms with van der Waals surface area (Å²) in [6, 6.07) is 5.00. The van der Waals surface area contributed by atoms with Crippen molar-refractivity contribution >= 4 is 28.9 Å². The fourth-order valence-corrected chi connectivity index (χ4v) is 1.09. The second-order valence-corrected chi connectivity index (χ2v) is 3.10. The average molecular weight is 215 g/mol. The topological polar surface area (TPSA) is 64.3 Å². The Labute approximate surface area is 87.0 Å². The molecule has 0 bridgehead atoms. The Morgan fingerprint density at radius 3 is 3.00 bits per heavy atom. The van der Waals surface area contributed by atoms with E-state index >= 15 is 0 Å². The molecule has 0 heterocycles. The van der Waals surface area contributed by atoms with Crippen LogP contribution < -0.4 is 11.1 Å². The molecule has 0 aliphatic rings. The molecule has 76 valence electrons. The summed E-state index contributed by atoms with van der Waals surface area (Å²) in [6.45, 7) is 0.0705. The monoisotopic (exact) mass is 214 g/mol. The van der Waals surface area contributed by atoms with Crippen molar-refractivity contribution < 1.29 is 9.53 Å². The SMILES string of the molecule is COC(=O)CNc1cc(Cl)ccc1N. The number of hydrogen-bond donors (Lipinski definition) is 2.